The van der Waals surface area contributed by atoms with Crippen LogP contribution in [0.3, 0.4) is 0 Å². The van der Waals surface area contributed by atoms with Crippen LogP contribution in [0.25, 0.3) is 0 Å². The van der Waals surface area contributed by atoms with E-state index in [1.807, 2.05) is 0 Å². The summed E-state index contributed by atoms with van der Waals surface area (Å²) in [7, 11) is 0. The minimum absolute atomic E-state index is 0.0526. The predicted octanol–water partition coefficient (Wildman–Crippen LogP) is -6.69. The molecule has 0 bridgehead atoms. The number of aliphatic hydroxyl groups is 16. The van der Waals surface area contributed by atoms with Gasteiger partial charge in [0.05, 0.1) is 112 Å². The Morgan fingerprint density at radius 1 is 0.215 bits per heavy atom. The molecule has 0 unspecified atom stereocenters. The van der Waals surface area contributed by atoms with E-state index >= 15 is 14.4 Å². The molecule has 1 rings (SSSR count). The van der Waals surface area contributed by atoms with Crippen LogP contribution in [0.5, 0.6) is 0 Å². The van der Waals surface area contributed by atoms with E-state index in [4.69, 9.17) is 71.1 Å². The van der Waals surface area contributed by atoms with Gasteiger partial charge in [-0.15, -0.1) is 5.10 Å². The molecule has 1 aromatic heterocycles. The van der Waals surface area contributed by atoms with Gasteiger partial charge in [0.15, 0.2) is 0 Å². The van der Waals surface area contributed by atoms with Crippen LogP contribution in [0.15, 0.2) is 6.20 Å². The Morgan fingerprint density at radius 2 is 0.331 bits per heavy atom. The average molecular weight is 1880 g/mol. The van der Waals surface area contributed by atoms with Gasteiger partial charge in [-0.05, 0) is 110 Å². The maximum atomic E-state index is 15.4. The van der Waals surface area contributed by atoms with Crippen LogP contribution in [-0.4, -0.2) is 384 Å². The van der Waals surface area contributed by atoms with Gasteiger partial charge in [-0.1, -0.05) is 12.1 Å². The normalized spacial score (nSPS) is 13.0. The summed E-state index contributed by atoms with van der Waals surface area (Å²) in [6.07, 6.45) is 1.84. The first-order chi connectivity index (χ1) is 60.2. The summed E-state index contributed by atoms with van der Waals surface area (Å²) in [5, 5.41) is 168. The smallest absolute Gasteiger partial charge is 0.319 e. The van der Waals surface area contributed by atoms with E-state index in [0.717, 1.165) is 104 Å². The lowest BCUT2D eigenvalue weighted by atomic mass is 9.89. The Hall–Kier alpha value is -9.45. The standard InChI is InChI=1S/C81H131N3O46/c1-17-18-84-19-51(82-83-84)20-116-60(109)75(10,37-125-65(114)80(15,47-127-61(110)76(11,39-117-52(101)67(2,21-85)22-86)40-118-53(102)68(3,23-87)24-88)48-128-62(111)77(12,41-119-54(103)69(4,25-89)26-90)42-120-55(104)70(5,27-91)28-92)38-126-66(115)81(16,49-129-63(112)78(13,43-121-56(105)71(6,29-93)30-94)44-122-57(106)72(7,31-95)32-96)50-130-64(113)79(14,45-123-58(107)73(8,33-97)34-98)46-124-59(108)74(9,35-99)36-100/h19,85-100H,17-18,20-50H2,1-16H3. The average Bonchev–Trinajstić information content (AvgIpc) is 0.817. The van der Waals surface area contributed by atoms with Gasteiger partial charge in [-0.2, -0.15) is 0 Å². The second kappa shape index (κ2) is 50.4. The van der Waals surface area contributed by atoms with Crippen LogP contribution < -0.4 is 0 Å². The van der Waals surface area contributed by atoms with E-state index in [1.165, 1.54) is 10.9 Å². The first kappa shape index (κ1) is 119. The van der Waals surface area contributed by atoms with Gasteiger partial charge in [0.1, 0.15) is 186 Å². The fraction of sp³-hybridized carbons (Fsp3) is 0.790. The molecule has 1 aromatic rings. The molecular weight excluding hydrogens is 1750 g/mol. The van der Waals surface area contributed by atoms with Crippen LogP contribution in [0, 0.1) is 81.2 Å². The van der Waals surface area contributed by atoms with Crippen molar-refractivity contribution in [3.05, 3.63) is 11.9 Å². The van der Waals surface area contributed by atoms with Crippen LogP contribution >= 0.6 is 0 Å². The second-order valence-electron chi connectivity index (χ2n) is 36.6. The Morgan fingerprint density at radius 3 is 0.446 bits per heavy atom. The molecule has 0 amide bonds. The van der Waals surface area contributed by atoms with Crippen LogP contribution in [0.1, 0.15) is 123 Å². The molecule has 0 spiro atoms. The molecule has 49 nitrogen and oxygen atoms in total. The number of rotatable bonds is 63. The Balaban J connectivity index is 4.79. The van der Waals surface area contributed by atoms with Gasteiger partial charge < -0.3 is 153 Å². The Labute approximate surface area is 748 Å². The second-order valence-corrected chi connectivity index (χ2v) is 36.6. The van der Waals surface area contributed by atoms with E-state index in [2.05, 4.69) is 10.3 Å². The lowest BCUT2D eigenvalue weighted by Gasteiger charge is -2.35. The summed E-state index contributed by atoms with van der Waals surface area (Å²) >= 11 is 0. The van der Waals surface area contributed by atoms with E-state index < -0.39 is 376 Å². The van der Waals surface area contributed by atoms with Gasteiger partial charge in [0.2, 0.25) is 0 Å². The summed E-state index contributed by atoms with van der Waals surface area (Å²) in [4.78, 5) is 213. The number of aliphatic hydroxyl groups excluding tert-OH is 16. The predicted molar refractivity (Wildman–Crippen MR) is 429 cm³/mol. The quantitative estimate of drug-likeness (QED) is 0.0213. The van der Waals surface area contributed by atoms with E-state index in [0.29, 0.717) is 6.42 Å². The number of carbonyl (C=O) groups excluding carboxylic acids is 15. The van der Waals surface area contributed by atoms with Crippen molar-refractivity contribution in [1.29, 1.82) is 0 Å². The molecule has 746 valence electrons. The van der Waals surface area contributed by atoms with Crippen molar-refractivity contribution >= 4 is 89.5 Å². The van der Waals surface area contributed by atoms with Crippen molar-refractivity contribution in [2.24, 2.45) is 81.2 Å². The molecule has 0 aliphatic carbocycles. The third-order valence-corrected chi connectivity index (χ3v) is 21.7. The third-order valence-electron chi connectivity index (χ3n) is 21.7. The summed E-state index contributed by atoms with van der Waals surface area (Å²) in [6.45, 7) is -19.2. The molecule has 0 aromatic carbocycles. The number of esters is 15. The molecule has 0 atom stereocenters. The first-order valence-corrected chi connectivity index (χ1v) is 40.4. The fourth-order valence-electron chi connectivity index (χ4n) is 9.19. The van der Waals surface area contributed by atoms with Crippen LogP contribution in [0.4, 0.5) is 0 Å². The molecule has 0 aliphatic heterocycles. The number of hydrogen-bond acceptors (Lipinski definition) is 48. The molecule has 0 radical (unpaired) electrons. The molecule has 130 heavy (non-hydrogen) atoms. The first-order valence-electron chi connectivity index (χ1n) is 40.4. The summed E-state index contributed by atoms with van der Waals surface area (Å²) < 4.78 is 84.1. The van der Waals surface area contributed by atoms with Gasteiger partial charge in [0, 0.05) is 6.54 Å². The summed E-state index contributed by atoms with van der Waals surface area (Å²) in [5.74, 6) is -22.4. The van der Waals surface area contributed by atoms with Gasteiger partial charge in [0.25, 0.3) is 0 Å². The van der Waals surface area contributed by atoms with Crippen LogP contribution in [0.2, 0.25) is 0 Å². The molecular formula is C81H131N3O46. The lowest BCUT2D eigenvalue weighted by molar-refractivity contribution is -0.189. The number of nitrogens with zero attached hydrogens (tertiary/aromatic N) is 3. The number of aryl methyl sites for hydroxylation is 1. The van der Waals surface area contributed by atoms with Crippen molar-refractivity contribution in [3.63, 3.8) is 0 Å². The number of aromatic nitrogens is 3. The topological polar surface area (TPSA) is 749 Å². The van der Waals surface area contributed by atoms with E-state index in [9.17, 15) is 139 Å². The molecule has 0 saturated carbocycles. The molecule has 16 N–H and O–H groups in total. The van der Waals surface area contributed by atoms with Gasteiger partial charge in [-0.25, -0.2) is 0 Å². The minimum Gasteiger partial charge on any atom is -0.464 e. The molecule has 0 fully saturated rings. The zero-order valence-corrected chi connectivity index (χ0v) is 76.2. The van der Waals surface area contributed by atoms with E-state index in [-0.39, 0.29) is 12.2 Å². The number of hydrogen-bond donors (Lipinski definition) is 16. The van der Waals surface area contributed by atoms with Gasteiger partial charge >= 0.3 is 89.5 Å². The van der Waals surface area contributed by atoms with Crippen molar-refractivity contribution in [3.8, 4) is 0 Å². The zero-order valence-electron chi connectivity index (χ0n) is 76.2. The number of ether oxygens (including phenoxy) is 15. The largest absolute Gasteiger partial charge is 0.464 e. The van der Waals surface area contributed by atoms with Gasteiger partial charge in [-0.3, -0.25) is 76.6 Å². The molecule has 49 heteroatoms. The highest BCUT2D eigenvalue weighted by Crippen LogP contribution is 2.37. The minimum atomic E-state index is -2.78. The lowest BCUT2D eigenvalue weighted by Crippen LogP contribution is -2.50. The van der Waals surface area contributed by atoms with E-state index in [1.54, 1.807) is 6.92 Å². The molecule has 0 saturated heterocycles. The maximum absolute atomic E-state index is 15.4. The Kier molecular flexibility index (Phi) is 46.0. The monoisotopic (exact) mass is 1880 g/mol. The number of carbonyl (C=O) groups is 15. The third kappa shape index (κ3) is 31.1. The fourth-order valence-corrected chi connectivity index (χ4v) is 9.19. The molecule has 1 heterocycles. The van der Waals surface area contributed by atoms with Crippen molar-refractivity contribution in [2.45, 2.75) is 130 Å². The summed E-state index contributed by atoms with van der Waals surface area (Å²) in [6, 6.07) is 0. The maximum Gasteiger partial charge on any atom is 0.319 e. The van der Waals surface area contributed by atoms with Crippen LogP contribution in [-0.2, 0) is 156 Å². The highest BCUT2D eigenvalue weighted by Gasteiger charge is 2.54. The van der Waals surface area contributed by atoms with Crippen molar-refractivity contribution < 1.29 is 225 Å². The highest BCUT2D eigenvalue weighted by molar-refractivity contribution is 5.87. The zero-order chi connectivity index (χ0) is 100. The SMILES string of the molecule is CCCn1cc(COC(=O)C(C)(COC(=O)C(C)(COC(=O)C(C)(COC(=O)C(C)(CO)CO)COC(=O)C(C)(CO)CO)COC(=O)C(C)(COC(=O)C(C)(CO)CO)COC(=O)C(C)(CO)CO)COC(=O)C(C)(COC(=O)C(C)(COC(=O)C(C)(CO)CO)COC(=O)C(C)(CO)CO)COC(=O)C(C)(COC(=O)C(C)(CO)CO)COC(=O)C(C)(CO)CO)nn1. The molecule has 0 aliphatic rings. The Bertz CT molecular complexity index is 3400. The van der Waals surface area contributed by atoms with Crippen molar-refractivity contribution in [2.75, 3.05) is 198 Å². The highest BCUT2D eigenvalue weighted by atomic mass is 16.6. The van der Waals surface area contributed by atoms with Crippen molar-refractivity contribution in [1.82, 2.24) is 15.0 Å². The summed E-state index contributed by atoms with van der Waals surface area (Å²) in [5.41, 5.74) is -34.9.